The molecule has 0 aromatic heterocycles. The molecule has 100 valence electrons. The Morgan fingerprint density at radius 1 is 1.18 bits per heavy atom. The molecule has 0 bridgehead atoms. The Bertz CT molecular complexity index is 255. The van der Waals surface area contributed by atoms with E-state index in [1.165, 1.54) is 6.42 Å². The first-order chi connectivity index (χ1) is 7.90. The van der Waals surface area contributed by atoms with E-state index in [0.717, 1.165) is 32.2 Å². The van der Waals surface area contributed by atoms with Crippen LogP contribution in [0.5, 0.6) is 0 Å². The molecule has 1 saturated carbocycles. The number of carboxylic acids is 1. The van der Waals surface area contributed by atoms with Crippen molar-refractivity contribution < 1.29 is 9.90 Å². The minimum absolute atomic E-state index is 0.298. The molecule has 0 radical (unpaired) electrons. The molecule has 0 heterocycles. The van der Waals surface area contributed by atoms with E-state index in [2.05, 4.69) is 32.6 Å². The number of rotatable bonds is 5. The Labute approximate surface area is 105 Å². The molecule has 1 aliphatic carbocycles. The maximum Gasteiger partial charge on any atom is 0.324 e. The molecule has 1 fully saturated rings. The van der Waals surface area contributed by atoms with Crippen LogP contribution in [0.25, 0.3) is 0 Å². The van der Waals surface area contributed by atoms with E-state index in [9.17, 15) is 9.90 Å². The van der Waals surface area contributed by atoms with Gasteiger partial charge in [0, 0.05) is 12.6 Å². The van der Waals surface area contributed by atoms with Crippen LogP contribution in [0.15, 0.2) is 0 Å². The van der Waals surface area contributed by atoms with Gasteiger partial charge in [0.1, 0.15) is 5.54 Å². The topological polar surface area (TPSA) is 40.5 Å². The van der Waals surface area contributed by atoms with Crippen LogP contribution in [0, 0.1) is 5.92 Å². The Morgan fingerprint density at radius 2 is 1.71 bits per heavy atom. The lowest BCUT2D eigenvalue weighted by molar-refractivity contribution is -0.156. The lowest BCUT2D eigenvalue weighted by Crippen LogP contribution is -2.59. The Kier molecular flexibility index (Phi) is 4.99. The van der Waals surface area contributed by atoms with Gasteiger partial charge >= 0.3 is 5.97 Å². The van der Waals surface area contributed by atoms with Crippen LogP contribution in [0.2, 0.25) is 0 Å². The van der Waals surface area contributed by atoms with Crippen LogP contribution in [0.3, 0.4) is 0 Å². The molecule has 0 unspecified atom stereocenters. The fraction of sp³-hybridized carbons (Fsp3) is 0.929. The number of carboxylic acid groups (broad SMARTS) is 1. The SMILES string of the molecule is CC(C)CN(C(C)C)C1(C(=O)O)CCCCC1. The van der Waals surface area contributed by atoms with Crippen molar-refractivity contribution in [3.05, 3.63) is 0 Å². The first-order valence-electron chi connectivity index (χ1n) is 6.90. The van der Waals surface area contributed by atoms with Crippen molar-refractivity contribution in [1.29, 1.82) is 0 Å². The van der Waals surface area contributed by atoms with Crippen molar-refractivity contribution in [3.63, 3.8) is 0 Å². The van der Waals surface area contributed by atoms with E-state index in [0.29, 0.717) is 12.0 Å². The van der Waals surface area contributed by atoms with Crippen LogP contribution in [-0.4, -0.2) is 34.1 Å². The van der Waals surface area contributed by atoms with Crippen LogP contribution in [0.1, 0.15) is 59.8 Å². The number of nitrogens with zero attached hydrogens (tertiary/aromatic N) is 1. The largest absolute Gasteiger partial charge is 0.480 e. The Balaban J connectivity index is 2.95. The highest BCUT2D eigenvalue weighted by molar-refractivity contribution is 5.79. The van der Waals surface area contributed by atoms with Gasteiger partial charge in [-0.25, -0.2) is 0 Å². The molecule has 0 aromatic carbocycles. The third-order valence-electron chi connectivity index (χ3n) is 3.81. The highest BCUT2D eigenvalue weighted by Gasteiger charge is 2.45. The van der Waals surface area contributed by atoms with Crippen molar-refractivity contribution >= 4 is 5.97 Å². The summed E-state index contributed by atoms with van der Waals surface area (Å²) in [6.07, 6.45) is 4.91. The summed E-state index contributed by atoms with van der Waals surface area (Å²) in [6.45, 7) is 9.43. The molecule has 0 spiro atoms. The maximum absolute atomic E-state index is 11.8. The fourth-order valence-electron chi connectivity index (χ4n) is 3.03. The van der Waals surface area contributed by atoms with Crippen LogP contribution < -0.4 is 0 Å². The molecule has 1 aliphatic rings. The van der Waals surface area contributed by atoms with E-state index >= 15 is 0 Å². The van der Waals surface area contributed by atoms with Gasteiger partial charge in [0.15, 0.2) is 0 Å². The molecule has 3 heteroatoms. The summed E-state index contributed by atoms with van der Waals surface area (Å²) in [5.41, 5.74) is -0.601. The van der Waals surface area contributed by atoms with Gasteiger partial charge in [0.25, 0.3) is 0 Å². The van der Waals surface area contributed by atoms with Gasteiger partial charge in [-0.05, 0) is 32.6 Å². The first-order valence-corrected chi connectivity index (χ1v) is 6.90. The summed E-state index contributed by atoms with van der Waals surface area (Å²) >= 11 is 0. The van der Waals surface area contributed by atoms with Gasteiger partial charge in [0.2, 0.25) is 0 Å². The van der Waals surface area contributed by atoms with Crippen molar-refractivity contribution in [2.45, 2.75) is 71.4 Å². The quantitative estimate of drug-likeness (QED) is 0.804. The number of hydrogen-bond acceptors (Lipinski definition) is 2. The summed E-state index contributed by atoms with van der Waals surface area (Å²) in [5.74, 6) is -0.109. The fourth-order valence-corrected chi connectivity index (χ4v) is 3.03. The van der Waals surface area contributed by atoms with Crippen LogP contribution in [-0.2, 0) is 4.79 Å². The first kappa shape index (κ1) is 14.5. The van der Waals surface area contributed by atoms with E-state index in [1.807, 2.05) is 0 Å². The second-order valence-corrected chi connectivity index (χ2v) is 6.04. The molecule has 0 saturated heterocycles. The molecule has 0 aliphatic heterocycles. The standard InChI is InChI=1S/C14H27NO2/c1-11(2)10-15(12(3)4)14(13(16)17)8-6-5-7-9-14/h11-12H,5-10H2,1-4H3,(H,16,17). The molecular weight excluding hydrogens is 214 g/mol. The summed E-state index contributed by atoms with van der Waals surface area (Å²) in [6, 6.07) is 0.298. The van der Waals surface area contributed by atoms with Crippen molar-refractivity contribution in [2.24, 2.45) is 5.92 Å². The lowest BCUT2D eigenvalue weighted by atomic mass is 9.79. The minimum atomic E-state index is -0.619. The zero-order chi connectivity index (χ0) is 13.1. The van der Waals surface area contributed by atoms with Gasteiger partial charge in [-0.15, -0.1) is 0 Å². The maximum atomic E-state index is 11.8. The zero-order valence-corrected chi connectivity index (χ0v) is 11.7. The van der Waals surface area contributed by atoms with Crippen LogP contribution >= 0.6 is 0 Å². The molecule has 1 rings (SSSR count). The van der Waals surface area contributed by atoms with Gasteiger partial charge in [-0.1, -0.05) is 33.1 Å². The van der Waals surface area contributed by atoms with Gasteiger partial charge in [-0.3, -0.25) is 9.69 Å². The highest BCUT2D eigenvalue weighted by atomic mass is 16.4. The third kappa shape index (κ3) is 3.21. The average Bonchev–Trinajstić information content (AvgIpc) is 2.26. The smallest absolute Gasteiger partial charge is 0.324 e. The predicted molar refractivity (Wildman–Crippen MR) is 70.1 cm³/mol. The van der Waals surface area contributed by atoms with E-state index in [1.54, 1.807) is 0 Å². The summed E-state index contributed by atoms with van der Waals surface area (Å²) in [4.78, 5) is 14.0. The summed E-state index contributed by atoms with van der Waals surface area (Å²) < 4.78 is 0. The van der Waals surface area contributed by atoms with Crippen molar-refractivity contribution in [3.8, 4) is 0 Å². The Hall–Kier alpha value is -0.570. The molecule has 0 aromatic rings. The van der Waals surface area contributed by atoms with Gasteiger partial charge in [-0.2, -0.15) is 0 Å². The second-order valence-electron chi connectivity index (χ2n) is 6.04. The number of aliphatic carboxylic acids is 1. The molecule has 17 heavy (non-hydrogen) atoms. The minimum Gasteiger partial charge on any atom is -0.480 e. The van der Waals surface area contributed by atoms with E-state index in [4.69, 9.17) is 0 Å². The van der Waals surface area contributed by atoms with E-state index in [-0.39, 0.29) is 0 Å². The summed E-state index contributed by atoms with van der Waals surface area (Å²) in [5, 5.41) is 9.68. The normalized spacial score (nSPS) is 20.2. The highest BCUT2D eigenvalue weighted by Crippen LogP contribution is 2.35. The molecule has 0 amide bonds. The lowest BCUT2D eigenvalue weighted by Gasteiger charge is -2.46. The van der Waals surface area contributed by atoms with Crippen molar-refractivity contribution in [1.82, 2.24) is 4.90 Å². The molecule has 1 N–H and O–H groups in total. The summed E-state index contributed by atoms with van der Waals surface area (Å²) in [7, 11) is 0. The van der Waals surface area contributed by atoms with E-state index < -0.39 is 11.5 Å². The molecule has 0 atom stereocenters. The average molecular weight is 241 g/mol. The van der Waals surface area contributed by atoms with Crippen molar-refractivity contribution in [2.75, 3.05) is 6.54 Å². The van der Waals surface area contributed by atoms with Gasteiger partial charge in [0.05, 0.1) is 0 Å². The van der Waals surface area contributed by atoms with Crippen LogP contribution in [0.4, 0.5) is 0 Å². The molecular formula is C14H27NO2. The zero-order valence-electron chi connectivity index (χ0n) is 11.7. The Morgan fingerprint density at radius 3 is 2.06 bits per heavy atom. The predicted octanol–water partition coefficient (Wildman–Crippen LogP) is 3.14. The second kappa shape index (κ2) is 5.85. The monoisotopic (exact) mass is 241 g/mol. The number of carbonyl (C=O) groups is 1. The number of hydrogen-bond donors (Lipinski definition) is 1. The van der Waals surface area contributed by atoms with Gasteiger partial charge < -0.3 is 5.11 Å². The molecule has 3 nitrogen and oxygen atoms in total. The third-order valence-corrected chi connectivity index (χ3v) is 3.81.